The zero-order chi connectivity index (χ0) is 25.4. The molecule has 0 heterocycles. The largest absolute Gasteiger partial charge is 0.465 e. The van der Waals surface area contributed by atoms with Crippen molar-refractivity contribution in [3.63, 3.8) is 0 Å². The average Bonchev–Trinajstić information content (AvgIpc) is 2.70. The van der Waals surface area contributed by atoms with Crippen LogP contribution in [0, 0.1) is 17.3 Å². The van der Waals surface area contributed by atoms with Crippen molar-refractivity contribution in [1.82, 2.24) is 0 Å². The molecule has 0 aromatic heterocycles. The summed E-state index contributed by atoms with van der Waals surface area (Å²) in [5, 5.41) is 11.0. The Kier molecular flexibility index (Phi) is 11.3. The minimum atomic E-state index is -2.07. The highest BCUT2D eigenvalue weighted by molar-refractivity contribution is 6.74. The smallest absolute Gasteiger partial charge is 0.311 e. The first-order chi connectivity index (χ1) is 15.1. The number of carbonyl (C=O) groups excluding carboxylic acids is 1. The lowest BCUT2D eigenvalue weighted by Crippen LogP contribution is -2.50. The molecule has 0 saturated carbocycles. The van der Waals surface area contributed by atoms with Crippen LogP contribution in [0.1, 0.15) is 67.4 Å². The van der Waals surface area contributed by atoms with E-state index in [-0.39, 0.29) is 35.6 Å². The van der Waals surface area contributed by atoms with Crippen molar-refractivity contribution in [2.75, 3.05) is 13.2 Å². The average molecular weight is 481 g/mol. The Morgan fingerprint density at radius 2 is 1.61 bits per heavy atom. The van der Waals surface area contributed by atoms with Gasteiger partial charge in [0, 0.05) is 18.3 Å². The lowest BCUT2D eigenvalue weighted by molar-refractivity contribution is -0.154. The molecule has 1 aromatic carbocycles. The minimum absolute atomic E-state index is 0.0583. The molecule has 1 N–H and O–H groups in total. The predicted octanol–water partition coefficient (Wildman–Crippen LogP) is 6.21. The number of aliphatic hydroxyl groups excluding tert-OH is 1. The van der Waals surface area contributed by atoms with Crippen LogP contribution in [-0.4, -0.2) is 44.8 Å². The van der Waals surface area contributed by atoms with Gasteiger partial charge in [0.05, 0.1) is 37.4 Å². The van der Waals surface area contributed by atoms with Crippen molar-refractivity contribution in [3.05, 3.63) is 35.9 Å². The molecule has 0 amide bonds. The van der Waals surface area contributed by atoms with Gasteiger partial charge in [0.1, 0.15) is 0 Å². The summed E-state index contributed by atoms with van der Waals surface area (Å²) in [4.78, 5) is 12.1. The number of benzene rings is 1. The van der Waals surface area contributed by atoms with E-state index >= 15 is 0 Å². The molecule has 6 heteroatoms. The highest BCUT2D eigenvalue weighted by Gasteiger charge is 2.42. The molecule has 33 heavy (non-hydrogen) atoms. The quantitative estimate of drug-likeness (QED) is 0.285. The fourth-order valence-electron chi connectivity index (χ4n) is 3.26. The summed E-state index contributed by atoms with van der Waals surface area (Å²) in [6.45, 7) is 22.1. The number of carbonyl (C=O) groups is 1. The lowest BCUT2D eigenvalue weighted by atomic mass is 9.88. The number of ether oxygens (including phenoxy) is 2. The summed E-state index contributed by atoms with van der Waals surface area (Å²) in [6, 6.07) is 10.1. The number of rotatable bonds is 12. The van der Waals surface area contributed by atoms with Crippen LogP contribution >= 0.6 is 0 Å². The van der Waals surface area contributed by atoms with Crippen molar-refractivity contribution in [1.29, 1.82) is 0 Å². The van der Waals surface area contributed by atoms with Crippen LogP contribution in [0.2, 0.25) is 18.1 Å². The van der Waals surface area contributed by atoms with E-state index in [1.807, 2.05) is 45.9 Å². The summed E-state index contributed by atoms with van der Waals surface area (Å²) < 4.78 is 18.2. The fourth-order valence-corrected chi connectivity index (χ4v) is 4.74. The Balaban J connectivity index is 2.83. The Labute approximate surface area is 203 Å². The molecule has 0 aliphatic carbocycles. The normalized spacial score (nSPS) is 16.7. The summed E-state index contributed by atoms with van der Waals surface area (Å²) in [7, 11) is -2.07. The molecule has 0 aliphatic heterocycles. The van der Waals surface area contributed by atoms with Crippen molar-refractivity contribution in [3.8, 4) is 0 Å². The van der Waals surface area contributed by atoms with Crippen LogP contribution in [0.3, 0.4) is 0 Å². The van der Waals surface area contributed by atoms with Gasteiger partial charge in [0.2, 0.25) is 0 Å². The Hall–Kier alpha value is -1.21. The van der Waals surface area contributed by atoms with E-state index in [0.717, 1.165) is 5.56 Å². The summed E-state index contributed by atoms with van der Waals surface area (Å²) in [5.74, 6) is -0.272. The molecule has 4 atom stereocenters. The van der Waals surface area contributed by atoms with Gasteiger partial charge in [-0.15, -0.1) is 0 Å². The van der Waals surface area contributed by atoms with Gasteiger partial charge in [0.25, 0.3) is 0 Å². The third-order valence-electron chi connectivity index (χ3n) is 6.67. The highest BCUT2D eigenvalue weighted by atomic mass is 28.4. The number of hydrogen-bond donors (Lipinski definition) is 1. The van der Waals surface area contributed by atoms with Gasteiger partial charge in [-0.2, -0.15) is 0 Å². The second kappa shape index (κ2) is 12.5. The minimum Gasteiger partial charge on any atom is -0.465 e. The molecule has 5 nitrogen and oxygen atoms in total. The molecule has 0 aliphatic rings. The van der Waals surface area contributed by atoms with Crippen LogP contribution in [0.25, 0.3) is 0 Å². The van der Waals surface area contributed by atoms with Crippen molar-refractivity contribution in [2.45, 2.75) is 98.8 Å². The molecule has 0 fully saturated rings. The van der Waals surface area contributed by atoms with E-state index in [1.54, 1.807) is 0 Å². The molecule has 0 saturated heterocycles. The fraction of sp³-hybridized carbons (Fsp3) is 0.741. The number of esters is 1. The first-order valence-corrected chi connectivity index (χ1v) is 15.1. The van der Waals surface area contributed by atoms with Gasteiger partial charge >= 0.3 is 5.97 Å². The molecule has 0 bridgehead atoms. The topological polar surface area (TPSA) is 65.0 Å². The zero-order valence-corrected chi connectivity index (χ0v) is 23.6. The summed E-state index contributed by atoms with van der Waals surface area (Å²) in [5.41, 5.74) is 0.593. The second-order valence-electron chi connectivity index (χ2n) is 11.9. The molecule has 0 spiro atoms. The Morgan fingerprint density at radius 3 is 2.12 bits per heavy atom. The van der Waals surface area contributed by atoms with Crippen molar-refractivity contribution < 1.29 is 23.8 Å². The van der Waals surface area contributed by atoms with Crippen LogP contribution in [0.15, 0.2) is 30.3 Å². The highest BCUT2D eigenvalue weighted by Crippen LogP contribution is 2.39. The van der Waals surface area contributed by atoms with E-state index in [2.05, 4.69) is 52.9 Å². The summed E-state index contributed by atoms with van der Waals surface area (Å²) >= 11 is 0. The SMILES string of the molecule is C[C@@H]([C@H](O[Si](C)(C)C(C)(C)C)[C@H](C)COCc1ccccc1)[C@H](O)CCOC(=O)C(C)(C)C. The lowest BCUT2D eigenvalue weighted by Gasteiger charge is -2.43. The van der Waals surface area contributed by atoms with Gasteiger partial charge in [-0.1, -0.05) is 65.0 Å². The molecule has 1 rings (SSSR count). The molecule has 190 valence electrons. The standard InChI is InChI=1S/C27H48O5Si/c1-20(18-30-19-22-14-12-11-13-15-22)24(32-33(9,10)27(6,7)8)21(2)23(28)16-17-31-25(29)26(3,4)5/h11-15,20-21,23-24,28H,16-19H2,1-10H3/t20-,21-,23-,24-/m1/s1. The Morgan fingerprint density at radius 1 is 1.03 bits per heavy atom. The third kappa shape index (κ3) is 9.89. The molecule has 0 radical (unpaired) electrons. The first kappa shape index (κ1) is 29.8. The molecular weight excluding hydrogens is 432 g/mol. The number of hydrogen-bond acceptors (Lipinski definition) is 5. The predicted molar refractivity (Wildman–Crippen MR) is 138 cm³/mol. The maximum Gasteiger partial charge on any atom is 0.311 e. The van der Waals surface area contributed by atoms with Crippen molar-refractivity contribution in [2.24, 2.45) is 17.3 Å². The summed E-state index contributed by atoms with van der Waals surface area (Å²) in [6.07, 6.45) is -0.406. The van der Waals surface area contributed by atoms with E-state index in [0.29, 0.717) is 19.6 Å². The van der Waals surface area contributed by atoms with E-state index < -0.39 is 19.8 Å². The Bertz CT molecular complexity index is 705. The molecular formula is C27H48O5Si. The zero-order valence-electron chi connectivity index (χ0n) is 22.6. The van der Waals surface area contributed by atoms with E-state index in [4.69, 9.17) is 13.9 Å². The van der Waals surface area contributed by atoms with E-state index in [1.165, 1.54) is 0 Å². The van der Waals surface area contributed by atoms with Gasteiger partial charge < -0.3 is 19.0 Å². The molecule has 0 unspecified atom stereocenters. The third-order valence-corrected chi connectivity index (χ3v) is 11.1. The molecule has 1 aromatic rings. The van der Waals surface area contributed by atoms with Gasteiger partial charge in [-0.05, 0) is 44.5 Å². The van der Waals surface area contributed by atoms with Crippen LogP contribution in [0.4, 0.5) is 0 Å². The van der Waals surface area contributed by atoms with Gasteiger partial charge in [0.15, 0.2) is 8.32 Å². The van der Waals surface area contributed by atoms with Crippen LogP contribution in [-0.2, 0) is 25.3 Å². The van der Waals surface area contributed by atoms with Crippen molar-refractivity contribution >= 4 is 14.3 Å². The van der Waals surface area contributed by atoms with E-state index in [9.17, 15) is 9.90 Å². The second-order valence-corrected chi connectivity index (χ2v) is 16.7. The van der Waals surface area contributed by atoms with Gasteiger partial charge in [-0.25, -0.2) is 0 Å². The first-order valence-electron chi connectivity index (χ1n) is 12.2. The van der Waals surface area contributed by atoms with Crippen LogP contribution in [0.5, 0.6) is 0 Å². The maximum absolute atomic E-state index is 12.1. The number of aliphatic hydroxyl groups is 1. The monoisotopic (exact) mass is 480 g/mol. The maximum atomic E-state index is 12.1. The van der Waals surface area contributed by atoms with Gasteiger partial charge in [-0.3, -0.25) is 4.79 Å². The van der Waals surface area contributed by atoms with Crippen LogP contribution < -0.4 is 0 Å².